The van der Waals surface area contributed by atoms with Gasteiger partial charge in [0.05, 0.1) is 29.1 Å². The molecule has 3 aromatic carbocycles. The lowest BCUT2D eigenvalue weighted by molar-refractivity contribution is 0.0728. The number of hydrazone groups is 1. The van der Waals surface area contributed by atoms with Crippen molar-refractivity contribution in [3.8, 4) is 22.8 Å². The minimum atomic E-state index is -0.476. The van der Waals surface area contributed by atoms with Crippen molar-refractivity contribution < 1.29 is 14.3 Å². The molecule has 1 heterocycles. The molecule has 0 radical (unpaired) electrons. The van der Waals surface area contributed by atoms with Gasteiger partial charge in [-0.3, -0.25) is 5.43 Å². The topological polar surface area (TPSA) is 72.8 Å². The lowest BCUT2D eigenvalue weighted by atomic mass is 10.2. The van der Waals surface area contributed by atoms with Crippen molar-refractivity contribution >= 4 is 67.8 Å². The van der Waals surface area contributed by atoms with E-state index in [1.807, 2.05) is 24.4 Å². The molecule has 0 atom stereocenters. The molecule has 0 amide bonds. The van der Waals surface area contributed by atoms with Crippen LogP contribution in [0, 0.1) is 0 Å². The third-order valence-electron chi connectivity index (χ3n) is 4.62. The Labute approximate surface area is 224 Å². The fourth-order valence-electron chi connectivity index (χ4n) is 3.04. The Hall–Kier alpha value is -2.91. The monoisotopic (exact) mass is 589 g/mol. The summed E-state index contributed by atoms with van der Waals surface area (Å²) in [5.74, 6) is 0.288. The number of esters is 1. The Bertz CT molecular complexity index is 1390. The van der Waals surface area contributed by atoms with Gasteiger partial charge >= 0.3 is 5.97 Å². The van der Waals surface area contributed by atoms with Gasteiger partial charge in [-0.1, -0.05) is 45.2 Å². The number of ether oxygens (including phenoxy) is 2. The van der Waals surface area contributed by atoms with Crippen molar-refractivity contribution in [1.29, 1.82) is 0 Å². The number of carbonyl (C=O) groups excluding carboxylic acids is 1. The highest BCUT2D eigenvalue weighted by atomic mass is 79.9. The minimum absolute atomic E-state index is 0.325. The van der Waals surface area contributed by atoms with Crippen LogP contribution in [-0.2, 0) is 0 Å². The molecule has 4 rings (SSSR count). The number of carbonyl (C=O) groups is 1. The maximum Gasteiger partial charge on any atom is 0.343 e. The molecule has 4 aromatic rings. The van der Waals surface area contributed by atoms with E-state index in [1.54, 1.807) is 54.7 Å². The van der Waals surface area contributed by atoms with Crippen LogP contribution in [0.3, 0.4) is 0 Å². The molecule has 0 aliphatic carbocycles. The van der Waals surface area contributed by atoms with Crippen molar-refractivity contribution in [2.24, 2.45) is 5.10 Å². The summed E-state index contributed by atoms with van der Waals surface area (Å²) in [6.07, 6.45) is 1.62. The SMILES string of the molecule is CCOc1cc(/C=N\Nc2nc(-c3ccc(Cl)cc3Cl)cs2)ccc1OC(=O)c1cccc(Br)c1. The second-order valence-corrected chi connectivity index (χ2v) is 9.69. The van der Waals surface area contributed by atoms with Crippen molar-refractivity contribution in [3.05, 3.63) is 91.7 Å². The number of benzene rings is 3. The van der Waals surface area contributed by atoms with Gasteiger partial charge in [-0.2, -0.15) is 5.10 Å². The summed E-state index contributed by atoms with van der Waals surface area (Å²) in [5.41, 5.74) is 5.61. The molecule has 0 aliphatic heterocycles. The summed E-state index contributed by atoms with van der Waals surface area (Å²) < 4.78 is 12.0. The summed E-state index contributed by atoms with van der Waals surface area (Å²) in [6.45, 7) is 2.27. The highest BCUT2D eigenvalue weighted by Gasteiger charge is 2.14. The van der Waals surface area contributed by atoms with Gasteiger partial charge in [0.2, 0.25) is 5.13 Å². The molecular weight excluding hydrogens is 573 g/mol. The predicted octanol–water partition coefficient (Wildman–Crippen LogP) is 7.94. The number of nitrogens with zero attached hydrogens (tertiary/aromatic N) is 2. The molecule has 0 saturated heterocycles. The van der Waals surface area contributed by atoms with Gasteiger partial charge in [0, 0.05) is 20.4 Å². The molecule has 0 spiro atoms. The average molecular weight is 591 g/mol. The first-order valence-corrected chi connectivity index (χ1v) is 12.8. The van der Waals surface area contributed by atoms with Crippen LogP contribution in [0.1, 0.15) is 22.8 Å². The van der Waals surface area contributed by atoms with Crippen LogP contribution in [0.4, 0.5) is 5.13 Å². The van der Waals surface area contributed by atoms with Crippen LogP contribution in [0.15, 0.2) is 75.6 Å². The van der Waals surface area contributed by atoms with E-state index in [4.69, 9.17) is 32.7 Å². The van der Waals surface area contributed by atoms with Gasteiger partial charge in [0.1, 0.15) is 0 Å². The Morgan fingerprint density at radius 3 is 2.77 bits per heavy atom. The van der Waals surface area contributed by atoms with E-state index in [-0.39, 0.29) is 0 Å². The van der Waals surface area contributed by atoms with E-state index < -0.39 is 5.97 Å². The van der Waals surface area contributed by atoms with Crippen molar-refractivity contribution in [1.82, 2.24) is 4.98 Å². The number of rotatable bonds is 8. The zero-order valence-electron chi connectivity index (χ0n) is 18.3. The Morgan fingerprint density at radius 1 is 1.14 bits per heavy atom. The molecule has 0 fully saturated rings. The number of nitrogens with one attached hydrogen (secondary N) is 1. The minimum Gasteiger partial charge on any atom is -0.490 e. The first-order chi connectivity index (χ1) is 16.9. The van der Waals surface area contributed by atoms with E-state index in [9.17, 15) is 4.79 Å². The standard InChI is InChI=1S/C25H18BrCl2N3O3S/c1-2-33-23-10-15(6-9-22(23)34-24(32)16-4-3-5-17(26)11-16)13-29-31-25-30-21(14-35-25)19-8-7-18(27)12-20(19)28/h3-14H,2H2,1H3,(H,30,31)/b29-13-. The summed E-state index contributed by atoms with van der Waals surface area (Å²) in [7, 11) is 0. The van der Waals surface area contributed by atoms with Gasteiger partial charge < -0.3 is 9.47 Å². The summed E-state index contributed by atoms with van der Waals surface area (Å²) in [5, 5.41) is 7.84. The maximum absolute atomic E-state index is 12.5. The number of anilines is 1. The van der Waals surface area contributed by atoms with Crippen molar-refractivity contribution in [2.75, 3.05) is 12.0 Å². The first-order valence-electron chi connectivity index (χ1n) is 10.4. The normalized spacial score (nSPS) is 11.0. The Morgan fingerprint density at radius 2 is 2.00 bits per heavy atom. The van der Waals surface area contributed by atoms with Gasteiger partial charge in [-0.25, -0.2) is 9.78 Å². The zero-order valence-corrected chi connectivity index (χ0v) is 22.2. The lowest BCUT2D eigenvalue weighted by Gasteiger charge is -2.11. The fraction of sp³-hybridized carbons (Fsp3) is 0.0800. The van der Waals surface area contributed by atoms with E-state index in [0.717, 1.165) is 21.3 Å². The molecule has 0 bridgehead atoms. The lowest BCUT2D eigenvalue weighted by Crippen LogP contribution is -2.09. The Balaban J connectivity index is 1.45. The van der Waals surface area contributed by atoms with Crippen LogP contribution in [0.5, 0.6) is 11.5 Å². The molecule has 1 aromatic heterocycles. The summed E-state index contributed by atoms with van der Waals surface area (Å²) in [4.78, 5) is 17.0. The molecule has 10 heteroatoms. The van der Waals surface area contributed by atoms with Gasteiger partial charge in [-0.05, 0) is 67.1 Å². The van der Waals surface area contributed by atoms with Crippen LogP contribution >= 0.6 is 50.5 Å². The zero-order chi connectivity index (χ0) is 24.8. The second kappa shape index (κ2) is 11.7. The molecular formula is C25H18BrCl2N3O3S. The predicted molar refractivity (Wildman–Crippen MR) is 145 cm³/mol. The molecule has 0 unspecified atom stereocenters. The van der Waals surface area contributed by atoms with Crippen LogP contribution in [-0.4, -0.2) is 23.8 Å². The van der Waals surface area contributed by atoms with E-state index in [1.165, 1.54) is 11.3 Å². The molecule has 0 saturated carbocycles. The summed E-state index contributed by atoms with van der Waals surface area (Å²) in [6, 6.07) is 17.5. The average Bonchev–Trinajstić information content (AvgIpc) is 3.29. The largest absolute Gasteiger partial charge is 0.490 e. The number of thiazole rings is 1. The molecule has 35 heavy (non-hydrogen) atoms. The van der Waals surface area contributed by atoms with E-state index >= 15 is 0 Å². The number of hydrogen-bond acceptors (Lipinski definition) is 7. The van der Waals surface area contributed by atoms with Crippen molar-refractivity contribution in [2.45, 2.75) is 6.92 Å². The number of halogens is 3. The quantitative estimate of drug-likeness (QED) is 0.0975. The maximum atomic E-state index is 12.5. The second-order valence-electron chi connectivity index (χ2n) is 7.07. The third-order valence-corrected chi connectivity index (χ3v) is 6.40. The van der Waals surface area contributed by atoms with Crippen LogP contribution < -0.4 is 14.9 Å². The van der Waals surface area contributed by atoms with Gasteiger partial charge in [0.15, 0.2) is 11.5 Å². The summed E-state index contributed by atoms with van der Waals surface area (Å²) >= 11 is 17.0. The van der Waals surface area contributed by atoms with Gasteiger partial charge in [0.25, 0.3) is 0 Å². The number of hydrogen-bond donors (Lipinski definition) is 1. The fourth-order valence-corrected chi connectivity index (χ4v) is 4.60. The highest BCUT2D eigenvalue weighted by molar-refractivity contribution is 9.10. The third kappa shape index (κ3) is 6.61. The van der Waals surface area contributed by atoms with Crippen LogP contribution in [0.2, 0.25) is 10.0 Å². The molecule has 1 N–H and O–H groups in total. The van der Waals surface area contributed by atoms with Crippen molar-refractivity contribution in [3.63, 3.8) is 0 Å². The molecule has 0 aliphatic rings. The smallest absolute Gasteiger partial charge is 0.343 e. The van der Waals surface area contributed by atoms with E-state index in [2.05, 4.69) is 31.4 Å². The first kappa shape index (κ1) is 25.2. The van der Waals surface area contributed by atoms with Crippen LogP contribution in [0.25, 0.3) is 11.3 Å². The molecule has 178 valence electrons. The number of aromatic nitrogens is 1. The van der Waals surface area contributed by atoms with E-state index in [0.29, 0.717) is 38.8 Å². The van der Waals surface area contributed by atoms with Gasteiger partial charge in [-0.15, -0.1) is 11.3 Å². The highest BCUT2D eigenvalue weighted by Crippen LogP contribution is 2.32. The Kier molecular flexibility index (Phi) is 8.41. The molecule has 6 nitrogen and oxygen atoms in total.